The Hall–Kier alpha value is -2.33. The van der Waals surface area contributed by atoms with E-state index in [4.69, 9.17) is 8.92 Å². The zero-order valence-corrected chi connectivity index (χ0v) is 16.0. The third kappa shape index (κ3) is 4.22. The number of carboxylic acid groups (broad SMARTS) is 1. The van der Waals surface area contributed by atoms with E-state index in [1.807, 2.05) is 20.8 Å². The van der Waals surface area contributed by atoms with Crippen LogP contribution in [0, 0.1) is 5.41 Å². The predicted molar refractivity (Wildman–Crippen MR) is 100 cm³/mol. The Morgan fingerprint density at radius 3 is 2.39 bits per heavy atom. The third-order valence-corrected chi connectivity index (χ3v) is 5.89. The van der Waals surface area contributed by atoms with E-state index >= 15 is 0 Å². The fourth-order valence-electron chi connectivity index (χ4n) is 3.26. The number of nitrogens with one attached hydrogen (secondary N) is 1. The van der Waals surface area contributed by atoms with Crippen molar-refractivity contribution in [1.82, 2.24) is 10.2 Å². The number of carbonyl (C=O) groups excluding carboxylic acids is 1. The van der Waals surface area contributed by atoms with Gasteiger partial charge in [0.1, 0.15) is 6.10 Å². The van der Waals surface area contributed by atoms with Gasteiger partial charge in [-0.1, -0.05) is 40.3 Å². The third-order valence-electron chi connectivity index (χ3n) is 4.59. The second-order valence-corrected chi connectivity index (χ2v) is 9.25. The zero-order chi connectivity index (χ0) is 20.0. The van der Waals surface area contributed by atoms with Crippen molar-refractivity contribution in [3.05, 3.63) is 29.8 Å². The molecule has 28 heavy (non-hydrogen) atoms. The van der Waals surface area contributed by atoms with E-state index in [9.17, 15) is 23.1 Å². The molecule has 2 N–H and O–H groups in total. The molecule has 9 nitrogen and oxygen atoms in total. The number of amides is 2. The van der Waals surface area contributed by atoms with Crippen molar-refractivity contribution in [2.24, 2.45) is 5.41 Å². The molecule has 1 fully saturated rings. The summed E-state index contributed by atoms with van der Waals surface area (Å²) in [4.78, 5) is 24.6. The first-order chi connectivity index (χ1) is 12.5. The Bertz CT molecular complexity index is 846. The van der Waals surface area contributed by atoms with E-state index in [1.165, 1.54) is 12.1 Å². The Labute approximate surface area is 164 Å². The Kier molecular flexibility index (Phi) is 5.95. The van der Waals surface area contributed by atoms with Crippen LogP contribution in [-0.4, -0.2) is 49.4 Å². The highest BCUT2D eigenvalue weighted by Gasteiger charge is 2.43. The molecule has 0 spiro atoms. The minimum absolute atomic E-state index is 0. The number of rotatable bonds is 0. The first-order valence-electron chi connectivity index (χ1n) is 8.49. The molecule has 3 aliphatic heterocycles. The van der Waals surface area contributed by atoms with Gasteiger partial charge >= 0.3 is 12.2 Å². The number of benzene rings is 1. The number of fused-ring (bicyclic) bond motifs is 6. The molecular weight excluding hydrogens is 388 g/mol. The van der Waals surface area contributed by atoms with Gasteiger partial charge in [0.15, 0.2) is 6.23 Å². The van der Waals surface area contributed by atoms with E-state index in [0.717, 1.165) is 4.90 Å². The Morgan fingerprint density at radius 2 is 1.86 bits per heavy atom. The minimum Gasteiger partial charge on any atom is -0.465 e. The summed E-state index contributed by atoms with van der Waals surface area (Å²) in [5.41, 5.74) is 0.202. The second-order valence-electron chi connectivity index (χ2n) is 7.68. The molecule has 0 aliphatic carbocycles. The molecule has 2 unspecified atom stereocenters. The van der Waals surface area contributed by atoms with Crippen LogP contribution in [-0.2, 0) is 19.0 Å². The maximum Gasteiger partial charge on any atom is 0.409 e. The summed E-state index contributed by atoms with van der Waals surface area (Å²) in [5, 5.41) is 11.9. The molecule has 2 bridgehead atoms. The van der Waals surface area contributed by atoms with Crippen LogP contribution in [0.5, 0.6) is 0 Å². The van der Waals surface area contributed by atoms with Gasteiger partial charge < -0.3 is 15.2 Å². The predicted octanol–water partition coefficient (Wildman–Crippen LogP) is 2.93. The molecule has 1 aromatic rings. The number of hydrogen-bond acceptors (Lipinski definition) is 6. The number of ether oxygens (including phenoxy) is 1. The van der Waals surface area contributed by atoms with Gasteiger partial charge in [0, 0.05) is 12.0 Å². The molecule has 0 radical (unpaired) electrons. The fourth-order valence-corrected chi connectivity index (χ4v) is 4.34. The van der Waals surface area contributed by atoms with E-state index in [2.05, 4.69) is 5.32 Å². The van der Waals surface area contributed by atoms with Crippen molar-refractivity contribution in [3.8, 4) is 0 Å². The lowest BCUT2D eigenvalue weighted by molar-refractivity contribution is 0.0176. The number of nitrogens with zero attached hydrogens (tertiary/aromatic N) is 1. The zero-order valence-electron chi connectivity index (χ0n) is 15.2. The average molecular weight is 414 g/mol. The molecule has 3 atom stereocenters. The summed E-state index contributed by atoms with van der Waals surface area (Å²) in [6.45, 7) is 5.72. The van der Waals surface area contributed by atoms with E-state index < -0.39 is 46.1 Å². The maximum absolute atomic E-state index is 12.6. The Balaban J connectivity index is 0.00000280. The van der Waals surface area contributed by atoms with Gasteiger partial charge in [-0.15, -0.1) is 0 Å². The van der Waals surface area contributed by atoms with Crippen molar-refractivity contribution < 1.29 is 32.0 Å². The van der Waals surface area contributed by atoms with Crippen LogP contribution in [0.4, 0.5) is 9.59 Å². The van der Waals surface area contributed by atoms with E-state index in [-0.39, 0.29) is 25.3 Å². The van der Waals surface area contributed by atoms with Crippen molar-refractivity contribution >= 4 is 22.3 Å². The quantitative estimate of drug-likeness (QED) is 0.626. The monoisotopic (exact) mass is 414 g/mol. The molecule has 3 heterocycles. The fraction of sp³-hybridized carbons (Fsp3) is 0.556. The highest BCUT2D eigenvalue weighted by molar-refractivity contribution is 7.86. The lowest BCUT2D eigenvalue weighted by atomic mass is 9.84. The lowest BCUT2D eigenvalue weighted by Crippen LogP contribution is -2.49. The summed E-state index contributed by atoms with van der Waals surface area (Å²) < 4.78 is 36.0. The highest BCUT2D eigenvalue weighted by atomic mass is 32.2. The van der Waals surface area contributed by atoms with Gasteiger partial charge in [-0.2, -0.15) is 8.42 Å². The summed E-state index contributed by atoms with van der Waals surface area (Å²) in [7, 11) is -4.22. The summed E-state index contributed by atoms with van der Waals surface area (Å²) in [6.07, 6.45) is -3.87. The molecule has 1 aromatic carbocycles. The van der Waals surface area contributed by atoms with Crippen LogP contribution in [0.2, 0.25) is 0 Å². The van der Waals surface area contributed by atoms with E-state index in [0.29, 0.717) is 5.56 Å². The van der Waals surface area contributed by atoms with Gasteiger partial charge in [0.25, 0.3) is 10.1 Å². The molecule has 0 saturated carbocycles. The molecule has 4 rings (SSSR count). The number of likely N-dealkylation sites (tertiary alicyclic amines) is 1. The SMILES string of the molecule is C.CC(C)(C)C1OC(=O)N[C@@H]2CCN(C(=O)O)C2OS(=O)(=O)c2ccc1cc2. The second kappa shape index (κ2) is 7.59. The van der Waals surface area contributed by atoms with Crippen LogP contribution in [0.25, 0.3) is 0 Å². The Morgan fingerprint density at radius 1 is 1.25 bits per heavy atom. The van der Waals surface area contributed by atoms with Crippen molar-refractivity contribution in [2.45, 2.75) is 57.9 Å². The lowest BCUT2D eigenvalue weighted by Gasteiger charge is -2.32. The standard InChI is InChI=1S/C17H22N2O7S.CH4/c1-17(2,3)13-10-4-6-11(7-5-10)27(23,24)26-14-12(18-15(20)25-13)8-9-19(14)16(21)22;/h4-7,12-14H,8-9H2,1-3H3,(H,18,20)(H,21,22);1H4/t12-,13?,14?;/m1./s1. The van der Waals surface area contributed by atoms with Gasteiger partial charge in [0.05, 0.1) is 10.9 Å². The smallest absolute Gasteiger partial charge is 0.409 e. The van der Waals surface area contributed by atoms with Crippen LogP contribution in [0.3, 0.4) is 0 Å². The van der Waals surface area contributed by atoms with Crippen molar-refractivity contribution in [1.29, 1.82) is 0 Å². The molecule has 0 aromatic heterocycles. The normalized spacial score (nSPS) is 26.8. The molecule has 3 aliphatic rings. The summed E-state index contributed by atoms with van der Waals surface area (Å²) in [6, 6.07) is 4.99. The van der Waals surface area contributed by atoms with E-state index in [1.54, 1.807) is 12.1 Å². The van der Waals surface area contributed by atoms with Crippen LogP contribution >= 0.6 is 0 Å². The van der Waals surface area contributed by atoms with Crippen LogP contribution in [0.1, 0.15) is 46.3 Å². The van der Waals surface area contributed by atoms with Crippen LogP contribution in [0.15, 0.2) is 29.2 Å². The first kappa shape index (κ1) is 22.0. The van der Waals surface area contributed by atoms with Gasteiger partial charge in [-0.3, -0.25) is 4.90 Å². The topological polar surface area (TPSA) is 122 Å². The molecule has 2 amide bonds. The largest absolute Gasteiger partial charge is 0.465 e. The molecule has 10 heteroatoms. The molecular formula is C18H26N2O7S. The minimum atomic E-state index is -4.22. The molecule has 156 valence electrons. The summed E-state index contributed by atoms with van der Waals surface area (Å²) >= 11 is 0. The van der Waals surface area contributed by atoms with Gasteiger partial charge in [-0.25, -0.2) is 13.8 Å². The highest BCUT2D eigenvalue weighted by Crippen LogP contribution is 2.37. The van der Waals surface area contributed by atoms with Crippen molar-refractivity contribution in [2.75, 3.05) is 6.54 Å². The summed E-state index contributed by atoms with van der Waals surface area (Å²) in [5.74, 6) is 0. The molecule has 1 saturated heterocycles. The average Bonchev–Trinajstić information content (AvgIpc) is 2.93. The maximum atomic E-state index is 12.6. The number of hydrogen-bond donors (Lipinski definition) is 2. The number of carbonyl (C=O) groups is 2. The van der Waals surface area contributed by atoms with Crippen LogP contribution < -0.4 is 5.32 Å². The van der Waals surface area contributed by atoms with Gasteiger partial charge in [-0.05, 0) is 24.1 Å². The van der Waals surface area contributed by atoms with Gasteiger partial charge in [0.2, 0.25) is 0 Å². The van der Waals surface area contributed by atoms with Crippen molar-refractivity contribution in [3.63, 3.8) is 0 Å². The number of alkyl carbamates (subject to hydrolysis) is 1. The first-order valence-corrected chi connectivity index (χ1v) is 9.90.